The van der Waals surface area contributed by atoms with Gasteiger partial charge < -0.3 is 5.73 Å². The Bertz CT molecular complexity index is 299. The molecule has 0 saturated heterocycles. The molecule has 0 heterocycles. The van der Waals surface area contributed by atoms with E-state index in [0.717, 1.165) is 15.6 Å². The summed E-state index contributed by atoms with van der Waals surface area (Å²) in [4.78, 5) is 0. The van der Waals surface area contributed by atoms with Crippen molar-refractivity contribution in [1.29, 1.82) is 5.41 Å². The van der Waals surface area contributed by atoms with E-state index in [4.69, 9.17) is 11.1 Å². The van der Waals surface area contributed by atoms with Gasteiger partial charge in [-0.15, -0.1) is 12.4 Å². The van der Waals surface area contributed by atoms with Crippen molar-refractivity contribution in [3.05, 3.63) is 33.8 Å². The van der Waals surface area contributed by atoms with Gasteiger partial charge >= 0.3 is 0 Å². The van der Waals surface area contributed by atoms with Crippen LogP contribution < -0.4 is 5.73 Å². The molecule has 0 radical (unpaired) electrons. The largest absolute Gasteiger partial charge is 0.384 e. The molecule has 4 heteroatoms. The van der Waals surface area contributed by atoms with Crippen LogP contribution in [0.4, 0.5) is 0 Å². The Hall–Kier alpha value is -0.540. The van der Waals surface area contributed by atoms with Crippen LogP contribution in [0, 0.1) is 12.3 Å². The van der Waals surface area contributed by atoms with Crippen molar-refractivity contribution in [3.8, 4) is 0 Å². The Morgan fingerprint density at radius 1 is 1.50 bits per heavy atom. The Labute approximate surface area is 86.2 Å². The molecule has 2 nitrogen and oxygen atoms in total. The summed E-state index contributed by atoms with van der Waals surface area (Å²) in [5.74, 6) is 0.115. The van der Waals surface area contributed by atoms with Crippen molar-refractivity contribution in [2.24, 2.45) is 5.73 Å². The number of nitrogen functional groups attached to an aromatic ring is 1. The van der Waals surface area contributed by atoms with Crippen molar-refractivity contribution in [2.75, 3.05) is 0 Å². The van der Waals surface area contributed by atoms with E-state index in [1.807, 2.05) is 25.1 Å². The van der Waals surface area contributed by atoms with Crippen LogP contribution in [0.5, 0.6) is 0 Å². The molecule has 0 spiro atoms. The van der Waals surface area contributed by atoms with Gasteiger partial charge in [0, 0.05) is 10.0 Å². The third-order valence-corrected chi connectivity index (χ3v) is 2.42. The predicted molar refractivity (Wildman–Crippen MR) is 57.1 cm³/mol. The zero-order valence-electron chi connectivity index (χ0n) is 6.60. The maximum atomic E-state index is 7.23. The Kier molecular flexibility index (Phi) is 4.28. The molecule has 1 aromatic carbocycles. The lowest BCUT2D eigenvalue weighted by Gasteiger charge is -2.03. The highest BCUT2D eigenvalue weighted by molar-refractivity contribution is 9.10. The first-order chi connectivity index (χ1) is 5.13. The van der Waals surface area contributed by atoms with E-state index in [-0.39, 0.29) is 18.2 Å². The fourth-order valence-electron chi connectivity index (χ4n) is 0.899. The van der Waals surface area contributed by atoms with Gasteiger partial charge in [0.25, 0.3) is 0 Å². The Balaban J connectivity index is 0.00000121. The van der Waals surface area contributed by atoms with E-state index >= 15 is 0 Å². The molecule has 0 saturated carbocycles. The number of benzene rings is 1. The van der Waals surface area contributed by atoms with Gasteiger partial charge in [0.1, 0.15) is 5.84 Å². The third kappa shape index (κ3) is 2.22. The Morgan fingerprint density at radius 2 is 2.08 bits per heavy atom. The molecule has 0 fully saturated rings. The predicted octanol–water partition coefficient (Wildman–Crippen LogP) is 2.46. The molecule has 12 heavy (non-hydrogen) atoms. The first-order valence-corrected chi connectivity index (χ1v) is 4.01. The first kappa shape index (κ1) is 11.5. The van der Waals surface area contributed by atoms with Gasteiger partial charge in [0.05, 0.1) is 0 Å². The van der Waals surface area contributed by atoms with E-state index in [0.29, 0.717) is 0 Å². The first-order valence-electron chi connectivity index (χ1n) is 3.22. The SMILES string of the molecule is Cc1c(Br)cccc1C(=N)N.Cl. The summed E-state index contributed by atoms with van der Waals surface area (Å²) < 4.78 is 0.991. The highest BCUT2D eigenvalue weighted by atomic mass is 79.9. The van der Waals surface area contributed by atoms with Gasteiger partial charge in [-0.25, -0.2) is 0 Å². The second kappa shape index (κ2) is 4.48. The van der Waals surface area contributed by atoms with Crippen LogP contribution in [0.25, 0.3) is 0 Å². The van der Waals surface area contributed by atoms with Crippen molar-refractivity contribution in [3.63, 3.8) is 0 Å². The van der Waals surface area contributed by atoms with Gasteiger partial charge in [-0.05, 0) is 18.6 Å². The smallest absolute Gasteiger partial charge is 0.123 e. The van der Waals surface area contributed by atoms with Gasteiger partial charge in [-0.1, -0.05) is 28.1 Å². The fourth-order valence-corrected chi connectivity index (χ4v) is 1.27. The van der Waals surface area contributed by atoms with E-state index in [1.165, 1.54) is 0 Å². The van der Waals surface area contributed by atoms with E-state index in [1.54, 1.807) is 0 Å². The van der Waals surface area contributed by atoms with Crippen molar-refractivity contribution < 1.29 is 0 Å². The molecule has 66 valence electrons. The summed E-state index contributed by atoms with van der Waals surface area (Å²) in [7, 11) is 0. The molecule has 1 aromatic rings. The number of nitrogens with two attached hydrogens (primary N) is 1. The maximum absolute atomic E-state index is 7.23. The number of hydrogen-bond donors (Lipinski definition) is 2. The van der Waals surface area contributed by atoms with Crippen molar-refractivity contribution >= 4 is 34.2 Å². The molecular weight excluding hydrogens is 239 g/mol. The van der Waals surface area contributed by atoms with Gasteiger partial charge in [-0.3, -0.25) is 5.41 Å². The minimum Gasteiger partial charge on any atom is -0.384 e. The van der Waals surface area contributed by atoms with Crippen LogP contribution >= 0.6 is 28.3 Å². The van der Waals surface area contributed by atoms with Crippen LogP contribution in [-0.2, 0) is 0 Å². The van der Waals surface area contributed by atoms with E-state index < -0.39 is 0 Å². The lowest BCUT2D eigenvalue weighted by molar-refractivity contribution is 1.35. The number of nitrogens with one attached hydrogen (secondary N) is 1. The molecule has 0 aliphatic carbocycles. The molecule has 0 amide bonds. The molecule has 0 aromatic heterocycles. The lowest BCUT2D eigenvalue weighted by atomic mass is 10.1. The molecule has 0 aliphatic rings. The molecule has 0 aliphatic heterocycles. The average molecular weight is 250 g/mol. The van der Waals surface area contributed by atoms with Crippen LogP contribution in [0.3, 0.4) is 0 Å². The van der Waals surface area contributed by atoms with E-state index in [2.05, 4.69) is 15.9 Å². The molecule has 0 unspecified atom stereocenters. The standard InChI is InChI=1S/C8H9BrN2.ClH/c1-5-6(8(10)11)3-2-4-7(5)9;/h2-4H,1H3,(H3,10,11);1H. The summed E-state index contributed by atoms with van der Waals surface area (Å²) in [5.41, 5.74) is 7.15. The highest BCUT2D eigenvalue weighted by Crippen LogP contribution is 2.18. The zero-order valence-corrected chi connectivity index (χ0v) is 9.00. The number of hydrogen-bond acceptors (Lipinski definition) is 1. The summed E-state index contributed by atoms with van der Waals surface area (Å²) in [5, 5.41) is 7.23. The monoisotopic (exact) mass is 248 g/mol. The summed E-state index contributed by atoms with van der Waals surface area (Å²) in [6.45, 7) is 1.93. The summed E-state index contributed by atoms with van der Waals surface area (Å²) in [6.07, 6.45) is 0. The zero-order chi connectivity index (χ0) is 8.43. The van der Waals surface area contributed by atoms with Gasteiger partial charge in [0.15, 0.2) is 0 Å². The van der Waals surface area contributed by atoms with Gasteiger partial charge in [0.2, 0.25) is 0 Å². The second-order valence-corrected chi connectivity index (χ2v) is 3.18. The lowest BCUT2D eigenvalue weighted by Crippen LogP contribution is -2.12. The normalized spacial score (nSPS) is 8.83. The molecule has 3 N–H and O–H groups in total. The minimum absolute atomic E-state index is 0. The quantitative estimate of drug-likeness (QED) is 0.583. The highest BCUT2D eigenvalue weighted by Gasteiger charge is 2.02. The van der Waals surface area contributed by atoms with Crippen molar-refractivity contribution in [2.45, 2.75) is 6.92 Å². The van der Waals surface area contributed by atoms with Crippen LogP contribution in [-0.4, -0.2) is 5.84 Å². The fraction of sp³-hybridized carbons (Fsp3) is 0.125. The Morgan fingerprint density at radius 3 is 2.50 bits per heavy atom. The molecular formula is C8H10BrClN2. The number of rotatable bonds is 1. The molecule has 0 atom stereocenters. The number of halogens is 2. The molecule has 1 rings (SSSR count). The van der Waals surface area contributed by atoms with Gasteiger partial charge in [-0.2, -0.15) is 0 Å². The summed E-state index contributed by atoms with van der Waals surface area (Å²) >= 11 is 3.36. The second-order valence-electron chi connectivity index (χ2n) is 2.33. The van der Waals surface area contributed by atoms with Crippen LogP contribution in [0.2, 0.25) is 0 Å². The summed E-state index contributed by atoms with van der Waals surface area (Å²) in [6, 6.07) is 5.64. The topological polar surface area (TPSA) is 49.9 Å². The van der Waals surface area contributed by atoms with Crippen molar-refractivity contribution in [1.82, 2.24) is 0 Å². The molecule has 0 bridgehead atoms. The minimum atomic E-state index is 0. The maximum Gasteiger partial charge on any atom is 0.123 e. The number of amidine groups is 1. The third-order valence-electron chi connectivity index (χ3n) is 1.56. The average Bonchev–Trinajstić information content (AvgIpc) is 1.94. The van der Waals surface area contributed by atoms with Crippen LogP contribution in [0.1, 0.15) is 11.1 Å². The van der Waals surface area contributed by atoms with Crippen LogP contribution in [0.15, 0.2) is 22.7 Å². The van der Waals surface area contributed by atoms with E-state index in [9.17, 15) is 0 Å².